The van der Waals surface area contributed by atoms with Crippen molar-refractivity contribution in [1.82, 2.24) is 0 Å². The lowest BCUT2D eigenvalue weighted by molar-refractivity contribution is -0.198. The summed E-state index contributed by atoms with van der Waals surface area (Å²) in [6.45, 7) is 16.4. The van der Waals surface area contributed by atoms with Gasteiger partial charge in [-0.25, -0.2) is 4.79 Å². The van der Waals surface area contributed by atoms with E-state index in [9.17, 15) is 19.8 Å². The van der Waals surface area contributed by atoms with Crippen LogP contribution in [0.4, 0.5) is 0 Å². The average molecular weight is 583 g/mol. The first-order valence-electron chi connectivity index (χ1n) is 14.8. The molecule has 2 N–H and O–H groups in total. The molecule has 0 radical (unpaired) electrons. The van der Waals surface area contributed by atoms with Gasteiger partial charge in [-0.1, -0.05) is 52.8 Å². The van der Waals surface area contributed by atoms with E-state index in [1.54, 1.807) is 31.4 Å². The largest absolute Gasteiger partial charge is 0.501 e. The van der Waals surface area contributed by atoms with E-state index in [-0.39, 0.29) is 23.2 Å². The number of Topliss-reactive ketones (excluding diaryl/α,β-unsaturated/α-hetero) is 1. The van der Waals surface area contributed by atoms with Crippen LogP contribution in [-0.4, -0.2) is 61.3 Å². The van der Waals surface area contributed by atoms with E-state index in [1.807, 2.05) is 32.9 Å². The molecule has 1 aromatic rings. The van der Waals surface area contributed by atoms with Crippen molar-refractivity contribution in [3.63, 3.8) is 0 Å². The summed E-state index contributed by atoms with van der Waals surface area (Å²) in [6.07, 6.45) is 0.201. The highest BCUT2D eigenvalue weighted by atomic mass is 28.4. The molecule has 0 aromatic heterocycles. The number of benzene rings is 1. The number of esters is 1. The maximum Gasteiger partial charge on any atom is 0.338 e. The molecule has 0 heterocycles. The summed E-state index contributed by atoms with van der Waals surface area (Å²) in [4.78, 5) is 28.1. The molecule has 224 valence electrons. The molecule has 0 unspecified atom stereocenters. The highest BCUT2D eigenvalue weighted by molar-refractivity contribution is 6.74. The van der Waals surface area contributed by atoms with Gasteiger partial charge in [0.05, 0.1) is 30.5 Å². The predicted octanol–water partition coefficient (Wildman–Crippen LogP) is 5.58. The molecule has 7 atom stereocenters. The fraction of sp³-hybridized carbons (Fsp3) is 0.636. The van der Waals surface area contributed by atoms with Gasteiger partial charge < -0.3 is 24.1 Å². The Morgan fingerprint density at radius 2 is 1.73 bits per heavy atom. The molecule has 1 aromatic carbocycles. The SMILES string of the molecule is COC1=CC[C@@H]2C[C@@]23C(=O)[C@@H](O)C2=C(C)[C@@H](O[Si](C)(C)C(C)(C)C)C[C@@](O)([C@@H](OC(=O)c4ccccc4)[C@@H]13)C2(C)C. The molecule has 2 saturated carbocycles. The summed E-state index contributed by atoms with van der Waals surface area (Å²) in [5, 5.41) is 24.9. The van der Waals surface area contributed by atoms with E-state index in [1.165, 1.54) is 0 Å². The monoisotopic (exact) mass is 582 g/mol. The van der Waals surface area contributed by atoms with Crippen LogP contribution in [0.25, 0.3) is 0 Å². The third kappa shape index (κ3) is 4.31. The predicted molar refractivity (Wildman–Crippen MR) is 159 cm³/mol. The molecule has 2 bridgehead atoms. The first kappa shape index (κ1) is 30.2. The third-order valence-corrected chi connectivity index (χ3v) is 15.7. The van der Waals surface area contributed by atoms with Crippen molar-refractivity contribution < 1.29 is 33.7 Å². The molecule has 0 amide bonds. The number of hydrogen-bond acceptors (Lipinski definition) is 7. The maximum atomic E-state index is 14.4. The van der Waals surface area contributed by atoms with Crippen LogP contribution in [0.5, 0.6) is 0 Å². The lowest BCUT2D eigenvalue weighted by Gasteiger charge is -2.59. The van der Waals surface area contributed by atoms with E-state index < -0.39 is 54.9 Å². The van der Waals surface area contributed by atoms with Crippen LogP contribution < -0.4 is 0 Å². The molecule has 4 aliphatic carbocycles. The van der Waals surface area contributed by atoms with Crippen molar-refractivity contribution in [1.29, 1.82) is 0 Å². The number of hydrogen-bond donors (Lipinski definition) is 2. The Balaban J connectivity index is 1.73. The lowest BCUT2D eigenvalue weighted by Crippen LogP contribution is -2.68. The number of fused-ring (bicyclic) bond motifs is 2. The summed E-state index contributed by atoms with van der Waals surface area (Å²) < 4.78 is 19.2. The van der Waals surface area contributed by atoms with Gasteiger partial charge in [0.2, 0.25) is 0 Å². The summed E-state index contributed by atoms with van der Waals surface area (Å²) in [5.74, 6) is -1.09. The normalized spacial score (nSPS) is 36.3. The van der Waals surface area contributed by atoms with Crippen molar-refractivity contribution in [3.05, 3.63) is 58.9 Å². The van der Waals surface area contributed by atoms with Gasteiger partial charge in [0.25, 0.3) is 0 Å². The minimum Gasteiger partial charge on any atom is -0.501 e. The molecule has 8 heteroatoms. The number of methoxy groups -OCH3 is 1. The molecule has 0 aliphatic heterocycles. The second-order valence-corrected chi connectivity index (χ2v) is 19.4. The smallest absolute Gasteiger partial charge is 0.338 e. The van der Waals surface area contributed by atoms with E-state index in [0.717, 1.165) is 5.57 Å². The number of allylic oxidation sites excluding steroid dienone is 1. The first-order valence-corrected chi connectivity index (χ1v) is 17.7. The fourth-order valence-corrected chi connectivity index (χ4v) is 8.94. The van der Waals surface area contributed by atoms with Crippen molar-refractivity contribution in [2.45, 2.75) is 103 Å². The molecule has 1 spiro atoms. The fourth-order valence-electron chi connectivity index (χ4n) is 7.61. The van der Waals surface area contributed by atoms with Gasteiger partial charge in [0.15, 0.2) is 14.1 Å². The van der Waals surface area contributed by atoms with E-state index in [4.69, 9.17) is 13.9 Å². The molecule has 41 heavy (non-hydrogen) atoms. The Labute approximate surface area is 245 Å². The quantitative estimate of drug-likeness (QED) is 0.265. The van der Waals surface area contributed by atoms with Crippen LogP contribution in [-0.2, 0) is 18.7 Å². The molecule has 4 aliphatic rings. The Bertz CT molecular complexity index is 1310. The van der Waals surface area contributed by atoms with Gasteiger partial charge in [-0.2, -0.15) is 0 Å². The van der Waals surface area contributed by atoms with Gasteiger partial charge in [-0.3, -0.25) is 4.79 Å². The second kappa shape index (κ2) is 9.63. The zero-order chi connectivity index (χ0) is 30.3. The highest BCUT2D eigenvalue weighted by Gasteiger charge is 2.75. The minimum atomic E-state index is -2.35. The van der Waals surface area contributed by atoms with Crippen LogP contribution in [0.1, 0.15) is 71.2 Å². The van der Waals surface area contributed by atoms with Crippen molar-refractivity contribution in [2.24, 2.45) is 22.7 Å². The van der Waals surface area contributed by atoms with E-state index >= 15 is 0 Å². The zero-order valence-corrected chi connectivity index (χ0v) is 26.9. The van der Waals surface area contributed by atoms with Crippen LogP contribution in [0.15, 0.2) is 53.3 Å². The summed E-state index contributed by atoms with van der Waals surface area (Å²) in [7, 11) is -0.805. The number of rotatable bonds is 5. The number of aliphatic hydroxyl groups excluding tert-OH is 1. The number of ether oxygens (including phenoxy) is 2. The Kier molecular flexibility index (Phi) is 7.09. The first-order chi connectivity index (χ1) is 18.9. The molecule has 0 saturated heterocycles. The summed E-state index contributed by atoms with van der Waals surface area (Å²) in [5.41, 5.74) is -2.16. The number of carbonyl (C=O) groups excluding carboxylic acids is 2. The molecular weight excluding hydrogens is 536 g/mol. The highest BCUT2D eigenvalue weighted by Crippen LogP contribution is 2.70. The van der Waals surface area contributed by atoms with Crippen LogP contribution in [0.2, 0.25) is 18.1 Å². The molecular formula is C33H46O7Si. The second-order valence-electron chi connectivity index (χ2n) is 14.6. The Morgan fingerprint density at radius 3 is 2.32 bits per heavy atom. The number of carbonyl (C=O) groups is 2. The molecule has 2 fully saturated rings. The number of aliphatic hydroxyl groups is 2. The Hall–Kier alpha value is -2.26. The average Bonchev–Trinajstić information content (AvgIpc) is 3.64. The number of ketones is 1. The van der Waals surface area contributed by atoms with Gasteiger partial charge in [0.1, 0.15) is 17.8 Å². The van der Waals surface area contributed by atoms with Gasteiger partial charge in [0, 0.05) is 17.3 Å². The van der Waals surface area contributed by atoms with E-state index in [2.05, 4.69) is 33.9 Å². The molecule has 5 rings (SSSR count). The van der Waals surface area contributed by atoms with Crippen LogP contribution in [0, 0.1) is 22.7 Å². The lowest BCUT2D eigenvalue weighted by atomic mass is 9.52. The van der Waals surface area contributed by atoms with E-state index in [0.29, 0.717) is 29.7 Å². The maximum absolute atomic E-state index is 14.4. The standard InChI is InChI=1S/C33H46O7Si/c1-19-23(40-41(8,9)30(2,3)4)18-33(37)28(39-29(36)20-13-11-10-12-14-20)25-22(38-7)16-15-21-17-32(21,25)27(35)26(34)24(19)31(33,5)6/h10-14,16,21,23,25-26,28,34,37H,15,17-18H2,1-9H3/t21-,23+,25-,26+,28+,32-,33-/m1/s1. The van der Waals surface area contributed by atoms with Crippen molar-refractivity contribution >= 4 is 20.1 Å². The van der Waals surface area contributed by atoms with Crippen molar-refractivity contribution in [3.8, 4) is 0 Å². The third-order valence-electron chi connectivity index (χ3n) is 11.3. The van der Waals surface area contributed by atoms with Crippen molar-refractivity contribution in [2.75, 3.05) is 7.11 Å². The summed E-state index contributed by atoms with van der Waals surface area (Å²) >= 11 is 0. The topological polar surface area (TPSA) is 102 Å². The molecule has 7 nitrogen and oxygen atoms in total. The summed E-state index contributed by atoms with van der Waals surface area (Å²) in [6, 6.07) is 8.71. The van der Waals surface area contributed by atoms with Gasteiger partial charge in [-0.05, 0) is 73.2 Å². The zero-order valence-electron chi connectivity index (χ0n) is 25.9. The van der Waals surface area contributed by atoms with Gasteiger partial charge >= 0.3 is 5.97 Å². The van der Waals surface area contributed by atoms with Gasteiger partial charge in [-0.15, -0.1) is 0 Å². The van der Waals surface area contributed by atoms with Crippen LogP contribution in [0.3, 0.4) is 0 Å². The van der Waals surface area contributed by atoms with Crippen LogP contribution >= 0.6 is 0 Å². The minimum absolute atomic E-state index is 0.0165. The Morgan fingerprint density at radius 1 is 1.10 bits per heavy atom.